The van der Waals surface area contributed by atoms with Gasteiger partial charge in [-0.3, -0.25) is 9.69 Å². The van der Waals surface area contributed by atoms with E-state index in [1.165, 1.54) is 0 Å². The molecule has 2 rings (SSSR count). The fourth-order valence-corrected chi connectivity index (χ4v) is 2.67. The Balaban J connectivity index is 1.92. The van der Waals surface area contributed by atoms with Crippen molar-refractivity contribution in [3.8, 4) is 0 Å². The first kappa shape index (κ1) is 18.5. The van der Waals surface area contributed by atoms with E-state index in [-0.39, 0.29) is 17.5 Å². The summed E-state index contributed by atoms with van der Waals surface area (Å²) >= 11 is 5.96. The summed E-state index contributed by atoms with van der Waals surface area (Å²) in [6.07, 6.45) is -2.07. The Morgan fingerprint density at radius 3 is 2.58 bits per heavy atom. The van der Waals surface area contributed by atoms with Gasteiger partial charge in [-0.15, -0.1) is 6.58 Å². The van der Waals surface area contributed by atoms with Crippen LogP contribution in [0.15, 0.2) is 24.9 Å². The first-order chi connectivity index (χ1) is 11.3. The summed E-state index contributed by atoms with van der Waals surface area (Å²) in [5, 5.41) is 2.67. The number of aromatic nitrogens is 1. The van der Waals surface area contributed by atoms with Crippen LogP contribution < -0.4 is 10.2 Å². The molecule has 0 unspecified atom stereocenters. The van der Waals surface area contributed by atoms with Crippen molar-refractivity contribution in [2.75, 3.05) is 44.2 Å². The molecule has 0 bridgehead atoms. The van der Waals surface area contributed by atoms with E-state index in [0.717, 1.165) is 12.3 Å². The van der Waals surface area contributed by atoms with Crippen LogP contribution in [0.1, 0.15) is 5.56 Å². The van der Waals surface area contributed by atoms with Crippen LogP contribution in [-0.4, -0.2) is 55.1 Å². The van der Waals surface area contributed by atoms with Gasteiger partial charge in [-0.05, 0) is 6.07 Å². The lowest BCUT2D eigenvalue weighted by atomic mass is 10.2. The summed E-state index contributed by atoms with van der Waals surface area (Å²) in [6.45, 7) is 6.49. The van der Waals surface area contributed by atoms with Crippen LogP contribution in [0.3, 0.4) is 0 Å². The van der Waals surface area contributed by atoms with Gasteiger partial charge >= 0.3 is 6.18 Å². The Hall–Kier alpha value is -1.80. The predicted molar refractivity (Wildman–Crippen MR) is 86.1 cm³/mol. The number of nitrogens with zero attached hydrogens (tertiary/aromatic N) is 3. The van der Waals surface area contributed by atoms with Gasteiger partial charge in [0.05, 0.1) is 17.1 Å². The molecular weight excluding hydrogens is 345 g/mol. The summed E-state index contributed by atoms with van der Waals surface area (Å²) in [5.41, 5.74) is -0.867. The Kier molecular flexibility index (Phi) is 6.06. The first-order valence-corrected chi connectivity index (χ1v) is 7.76. The van der Waals surface area contributed by atoms with E-state index in [1.807, 2.05) is 9.80 Å². The van der Waals surface area contributed by atoms with E-state index >= 15 is 0 Å². The number of carbonyl (C=O) groups excluding carboxylic acids is 1. The van der Waals surface area contributed by atoms with Gasteiger partial charge < -0.3 is 10.2 Å². The standard InChI is InChI=1S/C15H18ClF3N4O/c1-2-3-20-13(24)10-22-4-6-23(7-5-22)14-12(16)8-11(9-21-14)15(17,18)19/h2,8-9H,1,3-7,10H2,(H,20,24). The van der Waals surface area contributed by atoms with Crippen LogP contribution in [0, 0.1) is 0 Å². The topological polar surface area (TPSA) is 48.5 Å². The summed E-state index contributed by atoms with van der Waals surface area (Å²) in [6, 6.07) is 0.888. The SMILES string of the molecule is C=CCNC(=O)CN1CCN(c2ncc(C(F)(F)F)cc2Cl)CC1. The van der Waals surface area contributed by atoms with Crippen LogP contribution >= 0.6 is 11.6 Å². The molecule has 1 aliphatic rings. The smallest absolute Gasteiger partial charge is 0.353 e. The molecule has 1 aromatic rings. The summed E-state index contributed by atoms with van der Waals surface area (Å²) in [7, 11) is 0. The van der Waals surface area contributed by atoms with Crippen LogP contribution in [0.4, 0.5) is 19.0 Å². The Morgan fingerprint density at radius 2 is 2.04 bits per heavy atom. The second-order valence-electron chi connectivity index (χ2n) is 5.38. The fraction of sp³-hybridized carbons (Fsp3) is 0.467. The number of hydrogen-bond donors (Lipinski definition) is 1. The van der Waals surface area contributed by atoms with E-state index in [2.05, 4.69) is 16.9 Å². The molecule has 2 heterocycles. The first-order valence-electron chi connectivity index (χ1n) is 7.39. The van der Waals surface area contributed by atoms with Crippen molar-refractivity contribution in [1.82, 2.24) is 15.2 Å². The highest BCUT2D eigenvalue weighted by Gasteiger charge is 2.32. The lowest BCUT2D eigenvalue weighted by Crippen LogP contribution is -2.49. The second kappa shape index (κ2) is 7.85. The minimum atomic E-state index is -4.47. The third-order valence-corrected chi connectivity index (χ3v) is 3.91. The Labute approximate surface area is 143 Å². The van der Waals surface area contributed by atoms with Gasteiger partial charge in [0, 0.05) is 38.9 Å². The molecule has 1 aliphatic heterocycles. The highest BCUT2D eigenvalue weighted by molar-refractivity contribution is 6.33. The number of rotatable bonds is 5. The molecule has 1 N–H and O–H groups in total. The minimum absolute atomic E-state index is 0.0259. The van der Waals surface area contributed by atoms with E-state index in [0.29, 0.717) is 38.5 Å². The molecule has 1 fully saturated rings. The second-order valence-corrected chi connectivity index (χ2v) is 5.79. The van der Waals surface area contributed by atoms with Crippen LogP contribution in [0.2, 0.25) is 5.02 Å². The van der Waals surface area contributed by atoms with Gasteiger partial charge in [0.2, 0.25) is 5.91 Å². The fourth-order valence-electron chi connectivity index (χ4n) is 2.38. The van der Waals surface area contributed by atoms with E-state index in [1.54, 1.807) is 6.08 Å². The third kappa shape index (κ3) is 4.85. The van der Waals surface area contributed by atoms with Crippen molar-refractivity contribution in [3.63, 3.8) is 0 Å². The number of pyridine rings is 1. The number of piperazine rings is 1. The summed E-state index contributed by atoms with van der Waals surface area (Å²) < 4.78 is 37.9. The van der Waals surface area contributed by atoms with Crippen LogP contribution in [0.5, 0.6) is 0 Å². The highest BCUT2D eigenvalue weighted by atomic mass is 35.5. The zero-order valence-electron chi connectivity index (χ0n) is 12.9. The maximum Gasteiger partial charge on any atom is 0.417 e. The van der Waals surface area contributed by atoms with Crippen molar-refractivity contribution in [2.24, 2.45) is 0 Å². The zero-order valence-corrected chi connectivity index (χ0v) is 13.7. The maximum atomic E-state index is 12.6. The van der Waals surface area contributed by atoms with Crippen LogP contribution in [0.25, 0.3) is 0 Å². The molecule has 1 saturated heterocycles. The van der Waals surface area contributed by atoms with E-state index in [9.17, 15) is 18.0 Å². The van der Waals surface area contributed by atoms with Crippen LogP contribution in [-0.2, 0) is 11.0 Å². The van der Waals surface area contributed by atoms with Gasteiger partial charge in [-0.2, -0.15) is 13.2 Å². The largest absolute Gasteiger partial charge is 0.417 e. The van der Waals surface area contributed by atoms with Gasteiger partial charge in [-0.1, -0.05) is 17.7 Å². The number of nitrogens with one attached hydrogen (secondary N) is 1. The van der Waals surface area contributed by atoms with Gasteiger partial charge in [0.1, 0.15) is 5.82 Å². The monoisotopic (exact) mass is 362 g/mol. The van der Waals surface area contributed by atoms with Gasteiger partial charge in [0.15, 0.2) is 0 Å². The van der Waals surface area contributed by atoms with E-state index in [4.69, 9.17) is 11.6 Å². The molecule has 0 aromatic carbocycles. The molecule has 0 radical (unpaired) electrons. The minimum Gasteiger partial charge on any atom is -0.353 e. The number of hydrogen-bond acceptors (Lipinski definition) is 4. The molecule has 0 saturated carbocycles. The van der Waals surface area contributed by atoms with E-state index < -0.39 is 11.7 Å². The molecule has 9 heteroatoms. The average molecular weight is 363 g/mol. The lowest BCUT2D eigenvalue weighted by molar-refractivity contribution is -0.137. The molecule has 0 aliphatic carbocycles. The van der Waals surface area contributed by atoms with Crippen molar-refractivity contribution in [3.05, 3.63) is 35.5 Å². The molecule has 0 spiro atoms. The molecular formula is C15H18ClF3N4O. The highest BCUT2D eigenvalue weighted by Crippen LogP contribution is 2.33. The van der Waals surface area contributed by atoms with Gasteiger partial charge in [-0.25, -0.2) is 4.98 Å². The maximum absolute atomic E-state index is 12.6. The van der Waals surface area contributed by atoms with Crippen molar-refractivity contribution >= 4 is 23.3 Å². The molecule has 1 amide bonds. The number of anilines is 1. The normalized spacial score (nSPS) is 16.1. The molecule has 1 aromatic heterocycles. The Bertz CT molecular complexity index is 601. The predicted octanol–water partition coefficient (Wildman–Crippen LogP) is 2.18. The number of amides is 1. The molecule has 24 heavy (non-hydrogen) atoms. The van der Waals surface area contributed by atoms with Crippen molar-refractivity contribution in [2.45, 2.75) is 6.18 Å². The van der Waals surface area contributed by atoms with Gasteiger partial charge in [0.25, 0.3) is 0 Å². The number of alkyl halides is 3. The quantitative estimate of drug-likeness (QED) is 0.816. The molecule has 5 nitrogen and oxygen atoms in total. The van der Waals surface area contributed by atoms with Crippen molar-refractivity contribution in [1.29, 1.82) is 0 Å². The molecule has 132 valence electrons. The molecule has 0 atom stereocenters. The zero-order chi connectivity index (χ0) is 17.7. The third-order valence-electron chi connectivity index (χ3n) is 3.63. The summed E-state index contributed by atoms with van der Waals surface area (Å²) in [5.74, 6) is 0.245. The number of halogens is 4. The van der Waals surface area contributed by atoms with Crippen molar-refractivity contribution < 1.29 is 18.0 Å². The number of carbonyl (C=O) groups is 1. The Morgan fingerprint density at radius 1 is 1.38 bits per heavy atom. The lowest BCUT2D eigenvalue weighted by Gasteiger charge is -2.35. The summed E-state index contributed by atoms with van der Waals surface area (Å²) in [4.78, 5) is 19.3. The average Bonchev–Trinajstić information content (AvgIpc) is 2.53.